The minimum absolute atomic E-state index is 1.25. The maximum Gasteiger partial charge on any atom is -0.0672 e. The largest absolute Gasteiger partial charge is 0.126 e. The molecule has 2 rings (SSSR count). The monoisotopic (exact) mass is 181 g/mol. The molecule has 0 bridgehead atoms. The van der Waals surface area contributed by atoms with E-state index < -0.39 is 0 Å². The van der Waals surface area contributed by atoms with Crippen LogP contribution in [0.5, 0.6) is 0 Å². The van der Waals surface area contributed by atoms with Crippen molar-refractivity contribution < 1.29 is 0 Å². The smallest absolute Gasteiger partial charge is 0.0672 e. The molecule has 0 aliphatic carbocycles. The van der Waals surface area contributed by atoms with Crippen LogP contribution in [0, 0.1) is 13.3 Å². The second-order valence-corrected chi connectivity index (χ2v) is 3.41. The van der Waals surface area contributed by atoms with Gasteiger partial charge in [-0.1, -0.05) is 43.3 Å². The molecule has 0 saturated carbocycles. The Morgan fingerprint density at radius 1 is 0.786 bits per heavy atom. The van der Waals surface area contributed by atoms with Gasteiger partial charge >= 0.3 is 0 Å². The van der Waals surface area contributed by atoms with E-state index in [0.29, 0.717) is 0 Å². The second-order valence-electron chi connectivity index (χ2n) is 3.41. The molecule has 0 spiro atoms. The summed E-state index contributed by atoms with van der Waals surface area (Å²) in [6.45, 7) is 2.13. The van der Waals surface area contributed by atoms with Gasteiger partial charge < -0.3 is 0 Å². The van der Waals surface area contributed by atoms with Gasteiger partial charge in [-0.05, 0) is 0 Å². The van der Waals surface area contributed by atoms with Crippen LogP contribution in [-0.2, 0) is 0 Å². The summed E-state index contributed by atoms with van der Waals surface area (Å²) in [4.78, 5) is 0. The third-order valence-corrected chi connectivity index (χ3v) is 2.31. The molecule has 0 saturated heterocycles. The minimum Gasteiger partial charge on any atom is -0.126 e. The zero-order valence-corrected chi connectivity index (χ0v) is 8.27. The van der Waals surface area contributed by atoms with E-state index in [2.05, 4.69) is 61.9 Å². The maximum absolute atomic E-state index is 2.20. The molecule has 0 fully saturated rings. The summed E-state index contributed by atoms with van der Waals surface area (Å²) in [5.41, 5.74) is 3.86. The lowest BCUT2D eigenvalue weighted by Gasteiger charge is -2.12. The van der Waals surface area contributed by atoms with E-state index in [1.165, 1.54) is 16.7 Å². The molecule has 0 heteroatoms. The zero-order chi connectivity index (χ0) is 9.80. The quantitative estimate of drug-likeness (QED) is 0.621. The van der Waals surface area contributed by atoms with Gasteiger partial charge in [-0.25, -0.2) is 0 Å². The summed E-state index contributed by atoms with van der Waals surface area (Å²) in [7, 11) is 0. The first-order valence-corrected chi connectivity index (χ1v) is 4.82. The molecule has 2 aromatic rings. The molecule has 0 nitrogen and oxygen atoms in total. The summed E-state index contributed by atoms with van der Waals surface area (Å²) in [5, 5.41) is 0. The van der Waals surface area contributed by atoms with E-state index in [-0.39, 0.29) is 0 Å². The maximum atomic E-state index is 2.20. The van der Waals surface area contributed by atoms with Crippen LogP contribution < -0.4 is 0 Å². The van der Waals surface area contributed by atoms with Crippen molar-refractivity contribution in [1.82, 2.24) is 0 Å². The van der Waals surface area contributed by atoms with Crippen molar-refractivity contribution in [2.45, 2.75) is 6.92 Å². The molecular weight excluding hydrogens is 168 g/mol. The van der Waals surface area contributed by atoms with Crippen molar-refractivity contribution >= 4 is 0 Å². The van der Waals surface area contributed by atoms with Gasteiger partial charge in [0.15, 0.2) is 0 Å². The fourth-order valence-electron chi connectivity index (χ4n) is 1.48. The Labute approximate surface area is 85.2 Å². The SMILES string of the molecule is Cc1ccccc1[CH-]c1ccccc1. The molecule has 0 aromatic heterocycles. The van der Waals surface area contributed by atoms with Gasteiger partial charge in [0.1, 0.15) is 0 Å². The van der Waals surface area contributed by atoms with Crippen molar-refractivity contribution in [3.8, 4) is 0 Å². The fraction of sp³-hybridized carbons (Fsp3) is 0.0714. The van der Waals surface area contributed by atoms with Crippen LogP contribution in [0.2, 0.25) is 0 Å². The van der Waals surface area contributed by atoms with Gasteiger partial charge in [-0.2, -0.15) is 0 Å². The van der Waals surface area contributed by atoms with Gasteiger partial charge in [0.05, 0.1) is 0 Å². The van der Waals surface area contributed by atoms with E-state index >= 15 is 0 Å². The van der Waals surface area contributed by atoms with E-state index in [9.17, 15) is 0 Å². The Kier molecular flexibility index (Phi) is 2.55. The highest BCUT2D eigenvalue weighted by Gasteiger charge is 1.90. The van der Waals surface area contributed by atoms with Crippen LogP contribution >= 0.6 is 0 Å². The molecule has 0 N–H and O–H groups in total. The van der Waals surface area contributed by atoms with E-state index in [1.54, 1.807) is 0 Å². The minimum atomic E-state index is 1.25. The van der Waals surface area contributed by atoms with Crippen LogP contribution in [0.15, 0.2) is 54.6 Å². The Bertz CT molecular complexity index is 401. The standard InChI is InChI=1S/C14H13/c1-12-7-5-6-10-14(12)11-13-8-3-2-4-9-13/h2-11H,1H3/q-1. The number of benzene rings is 2. The molecule has 0 unspecified atom stereocenters. The lowest BCUT2D eigenvalue weighted by Crippen LogP contribution is -1.87. The van der Waals surface area contributed by atoms with E-state index in [0.717, 1.165) is 0 Å². The first-order valence-electron chi connectivity index (χ1n) is 4.82. The van der Waals surface area contributed by atoms with Gasteiger partial charge in [0.25, 0.3) is 0 Å². The Balaban J connectivity index is 2.24. The number of aryl methyl sites for hydroxylation is 1. The highest BCUT2D eigenvalue weighted by Crippen LogP contribution is 2.14. The summed E-state index contributed by atoms with van der Waals surface area (Å²) in [5.74, 6) is 0. The number of hydrogen-bond acceptors (Lipinski definition) is 0. The van der Waals surface area contributed by atoms with Gasteiger partial charge in [-0.15, -0.1) is 41.3 Å². The van der Waals surface area contributed by atoms with Gasteiger partial charge in [0.2, 0.25) is 0 Å². The molecule has 70 valence electrons. The Morgan fingerprint density at radius 2 is 1.43 bits per heavy atom. The molecule has 0 amide bonds. The third kappa shape index (κ3) is 1.97. The molecule has 0 aliphatic rings. The fourth-order valence-corrected chi connectivity index (χ4v) is 1.48. The second kappa shape index (κ2) is 4.01. The topological polar surface area (TPSA) is 0 Å². The lowest BCUT2D eigenvalue weighted by molar-refractivity contribution is 1.34. The summed E-state index contributed by atoms with van der Waals surface area (Å²) >= 11 is 0. The van der Waals surface area contributed by atoms with Crippen molar-refractivity contribution in [3.05, 3.63) is 77.7 Å². The van der Waals surface area contributed by atoms with Crippen LogP contribution in [0.3, 0.4) is 0 Å². The van der Waals surface area contributed by atoms with Gasteiger partial charge in [0, 0.05) is 0 Å². The van der Waals surface area contributed by atoms with E-state index in [4.69, 9.17) is 0 Å². The van der Waals surface area contributed by atoms with Crippen molar-refractivity contribution in [3.63, 3.8) is 0 Å². The third-order valence-electron chi connectivity index (χ3n) is 2.31. The lowest BCUT2D eigenvalue weighted by atomic mass is 10.0. The molecule has 0 heterocycles. The first-order chi connectivity index (χ1) is 6.86. The summed E-state index contributed by atoms with van der Waals surface area (Å²) in [6, 6.07) is 18.8. The Hall–Kier alpha value is -1.69. The van der Waals surface area contributed by atoms with Crippen molar-refractivity contribution in [2.75, 3.05) is 0 Å². The molecule has 14 heavy (non-hydrogen) atoms. The van der Waals surface area contributed by atoms with Gasteiger partial charge in [-0.3, -0.25) is 0 Å². The molecule has 0 atom stereocenters. The van der Waals surface area contributed by atoms with Crippen LogP contribution in [0.25, 0.3) is 0 Å². The van der Waals surface area contributed by atoms with Crippen LogP contribution in [-0.4, -0.2) is 0 Å². The number of hydrogen-bond donors (Lipinski definition) is 0. The first kappa shape index (κ1) is 8.89. The highest BCUT2D eigenvalue weighted by atomic mass is 14.0. The number of rotatable bonds is 2. The summed E-state index contributed by atoms with van der Waals surface area (Å²) < 4.78 is 0. The van der Waals surface area contributed by atoms with Crippen molar-refractivity contribution in [1.29, 1.82) is 0 Å². The van der Waals surface area contributed by atoms with Crippen molar-refractivity contribution in [2.24, 2.45) is 0 Å². The summed E-state index contributed by atoms with van der Waals surface area (Å²) in [6.07, 6.45) is 2.20. The molecule has 2 aromatic carbocycles. The highest BCUT2D eigenvalue weighted by molar-refractivity contribution is 5.40. The predicted molar refractivity (Wildman–Crippen MR) is 60.1 cm³/mol. The van der Waals surface area contributed by atoms with Crippen LogP contribution in [0.1, 0.15) is 16.7 Å². The molecular formula is C14H13-. The normalized spacial score (nSPS) is 9.79. The zero-order valence-electron chi connectivity index (χ0n) is 8.27. The van der Waals surface area contributed by atoms with Crippen LogP contribution in [0.4, 0.5) is 0 Å². The molecule has 0 aliphatic heterocycles. The van der Waals surface area contributed by atoms with E-state index in [1.807, 2.05) is 6.07 Å². The average Bonchev–Trinajstić information content (AvgIpc) is 2.23. The predicted octanol–water partition coefficient (Wildman–Crippen LogP) is 3.60. The molecule has 0 radical (unpaired) electrons. The Morgan fingerprint density at radius 3 is 2.14 bits per heavy atom. The average molecular weight is 181 g/mol.